The maximum atomic E-state index is 13.4. The molecular weight excluding hydrogens is 226 g/mol. The fourth-order valence-electron chi connectivity index (χ4n) is 1.74. The topological polar surface area (TPSA) is 58.9 Å². The Bertz CT molecular complexity index is 380. The van der Waals surface area contributed by atoms with Gasteiger partial charge in [0.1, 0.15) is 11.6 Å². The van der Waals surface area contributed by atoms with Crippen LogP contribution in [0.5, 0.6) is 5.75 Å². The summed E-state index contributed by atoms with van der Waals surface area (Å²) in [7, 11) is -1.80. The van der Waals surface area contributed by atoms with Crippen molar-refractivity contribution in [3.63, 3.8) is 0 Å². The smallest absolute Gasteiger partial charge is 0.491 e. The van der Waals surface area contributed by atoms with Gasteiger partial charge in [0.2, 0.25) is 0 Å². The summed E-state index contributed by atoms with van der Waals surface area (Å²) in [5, 5.41) is 17.7. The van der Waals surface area contributed by atoms with E-state index in [0.717, 1.165) is 19.1 Å². The molecule has 1 aliphatic rings. The van der Waals surface area contributed by atoms with Gasteiger partial charge in [-0.2, -0.15) is 0 Å². The van der Waals surface area contributed by atoms with Gasteiger partial charge in [-0.3, -0.25) is 0 Å². The van der Waals surface area contributed by atoms with Crippen molar-refractivity contribution in [3.8, 4) is 5.75 Å². The molecule has 1 fully saturated rings. The number of hydrogen-bond donors (Lipinski definition) is 2. The lowest BCUT2D eigenvalue weighted by Gasteiger charge is -2.11. The molecule has 17 heavy (non-hydrogen) atoms. The highest BCUT2D eigenvalue weighted by Gasteiger charge is 2.18. The van der Waals surface area contributed by atoms with E-state index >= 15 is 0 Å². The van der Waals surface area contributed by atoms with Crippen molar-refractivity contribution in [3.05, 3.63) is 24.0 Å². The molecule has 0 bridgehead atoms. The van der Waals surface area contributed by atoms with E-state index in [1.165, 1.54) is 12.1 Å². The molecule has 1 saturated heterocycles. The molecule has 1 aromatic carbocycles. The van der Waals surface area contributed by atoms with Gasteiger partial charge in [-0.15, -0.1) is 0 Å². The zero-order valence-electron chi connectivity index (χ0n) is 9.30. The van der Waals surface area contributed by atoms with Gasteiger partial charge in [-0.05, 0) is 12.5 Å². The highest BCUT2D eigenvalue weighted by Crippen LogP contribution is 2.16. The molecule has 0 aliphatic carbocycles. The predicted octanol–water partition coefficient (Wildman–Crippen LogP) is -0.0792. The standard InChI is InChI=1S/C11H14BFO4/c13-11-5-9(1-2-10(11)12(14)15)17-7-8-3-4-16-6-8/h1-2,5,8,14-15H,3-4,6-7H2. The second kappa shape index (κ2) is 5.49. The van der Waals surface area contributed by atoms with Crippen LogP contribution >= 0.6 is 0 Å². The summed E-state index contributed by atoms with van der Waals surface area (Å²) in [4.78, 5) is 0. The quantitative estimate of drug-likeness (QED) is 0.723. The average molecular weight is 240 g/mol. The van der Waals surface area contributed by atoms with E-state index in [1.807, 2.05) is 0 Å². The van der Waals surface area contributed by atoms with Crippen LogP contribution < -0.4 is 10.2 Å². The van der Waals surface area contributed by atoms with Crippen molar-refractivity contribution in [1.29, 1.82) is 0 Å². The molecule has 2 N–H and O–H groups in total. The van der Waals surface area contributed by atoms with Crippen LogP contribution in [0.4, 0.5) is 4.39 Å². The number of halogens is 1. The Morgan fingerprint density at radius 1 is 1.47 bits per heavy atom. The minimum absolute atomic E-state index is 0.151. The van der Waals surface area contributed by atoms with Crippen molar-refractivity contribution in [2.24, 2.45) is 5.92 Å². The van der Waals surface area contributed by atoms with Gasteiger partial charge < -0.3 is 19.5 Å². The summed E-state index contributed by atoms with van der Waals surface area (Å²) in [6.07, 6.45) is 0.954. The SMILES string of the molecule is OB(O)c1ccc(OCC2CCOC2)cc1F. The Balaban J connectivity index is 1.94. The highest BCUT2D eigenvalue weighted by molar-refractivity contribution is 6.58. The molecule has 92 valence electrons. The van der Waals surface area contributed by atoms with E-state index in [9.17, 15) is 4.39 Å². The Morgan fingerprint density at radius 3 is 2.88 bits per heavy atom. The normalized spacial score (nSPS) is 19.4. The number of rotatable bonds is 4. The Morgan fingerprint density at radius 2 is 2.29 bits per heavy atom. The van der Waals surface area contributed by atoms with E-state index in [-0.39, 0.29) is 5.46 Å². The van der Waals surface area contributed by atoms with Crippen molar-refractivity contribution >= 4 is 12.6 Å². The molecule has 2 rings (SSSR count). The lowest BCUT2D eigenvalue weighted by Crippen LogP contribution is -2.32. The first-order valence-electron chi connectivity index (χ1n) is 5.53. The van der Waals surface area contributed by atoms with Crippen molar-refractivity contribution in [2.45, 2.75) is 6.42 Å². The van der Waals surface area contributed by atoms with Gasteiger partial charge in [0.05, 0.1) is 13.2 Å². The van der Waals surface area contributed by atoms with Gasteiger partial charge in [0.15, 0.2) is 0 Å². The van der Waals surface area contributed by atoms with Gasteiger partial charge in [-0.25, -0.2) is 4.39 Å². The first kappa shape index (κ1) is 12.4. The third kappa shape index (κ3) is 3.18. The molecule has 0 saturated carbocycles. The molecule has 0 radical (unpaired) electrons. The summed E-state index contributed by atoms with van der Waals surface area (Å²) in [6, 6.07) is 3.98. The van der Waals surface area contributed by atoms with Crippen LogP contribution in [0.15, 0.2) is 18.2 Å². The lowest BCUT2D eigenvalue weighted by molar-refractivity contribution is 0.167. The minimum Gasteiger partial charge on any atom is -0.493 e. The summed E-state index contributed by atoms with van der Waals surface area (Å²) >= 11 is 0. The maximum Gasteiger partial charge on any atom is 0.491 e. The third-order valence-corrected chi connectivity index (χ3v) is 2.76. The van der Waals surface area contributed by atoms with Crippen LogP contribution in [0.2, 0.25) is 0 Å². The van der Waals surface area contributed by atoms with Crippen molar-refractivity contribution in [1.82, 2.24) is 0 Å². The molecule has 0 amide bonds. The fraction of sp³-hybridized carbons (Fsp3) is 0.455. The van der Waals surface area contributed by atoms with Crippen LogP contribution in [0, 0.1) is 11.7 Å². The van der Waals surface area contributed by atoms with Crippen molar-refractivity contribution in [2.75, 3.05) is 19.8 Å². The van der Waals surface area contributed by atoms with Gasteiger partial charge in [-0.1, -0.05) is 6.07 Å². The van der Waals surface area contributed by atoms with Gasteiger partial charge in [0, 0.05) is 24.1 Å². The second-order valence-electron chi connectivity index (χ2n) is 4.10. The molecule has 1 aliphatic heterocycles. The van der Waals surface area contributed by atoms with Gasteiger partial charge in [0.25, 0.3) is 0 Å². The van der Waals surface area contributed by atoms with Crippen LogP contribution in [-0.2, 0) is 4.74 Å². The minimum atomic E-state index is -1.80. The molecule has 6 heteroatoms. The molecule has 1 unspecified atom stereocenters. The van der Waals surface area contributed by atoms with Crippen LogP contribution in [0.3, 0.4) is 0 Å². The Labute approximate surface area is 99.1 Å². The molecular formula is C11H14BFO4. The zero-order valence-corrected chi connectivity index (χ0v) is 9.30. The fourth-order valence-corrected chi connectivity index (χ4v) is 1.74. The average Bonchev–Trinajstić information content (AvgIpc) is 2.78. The molecule has 0 spiro atoms. The largest absolute Gasteiger partial charge is 0.493 e. The second-order valence-corrected chi connectivity index (χ2v) is 4.10. The summed E-state index contributed by atoms with van der Waals surface area (Å²) in [6.45, 7) is 1.91. The first-order chi connectivity index (χ1) is 8.16. The van der Waals surface area contributed by atoms with E-state index in [2.05, 4.69) is 0 Å². The van der Waals surface area contributed by atoms with Crippen LogP contribution in [0.25, 0.3) is 0 Å². The third-order valence-electron chi connectivity index (χ3n) is 2.76. The van der Waals surface area contributed by atoms with Crippen molar-refractivity contribution < 1.29 is 23.9 Å². The van der Waals surface area contributed by atoms with Gasteiger partial charge >= 0.3 is 7.12 Å². The Kier molecular flexibility index (Phi) is 3.99. The summed E-state index contributed by atoms with van der Waals surface area (Å²) in [5.74, 6) is 0.0557. The summed E-state index contributed by atoms with van der Waals surface area (Å²) < 4.78 is 24.0. The molecule has 1 heterocycles. The number of benzene rings is 1. The monoisotopic (exact) mass is 240 g/mol. The van der Waals surface area contributed by atoms with E-state index in [0.29, 0.717) is 24.9 Å². The Hall–Kier alpha value is -1.11. The maximum absolute atomic E-state index is 13.4. The molecule has 0 aromatic heterocycles. The van der Waals surface area contributed by atoms with Crippen LogP contribution in [0.1, 0.15) is 6.42 Å². The molecule has 4 nitrogen and oxygen atoms in total. The zero-order chi connectivity index (χ0) is 12.3. The molecule has 1 aromatic rings. The van der Waals surface area contributed by atoms with E-state index in [1.54, 1.807) is 0 Å². The number of ether oxygens (including phenoxy) is 2. The number of hydrogen-bond acceptors (Lipinski definition) is 4. The summed E-state index contributed by atoms with van der Waals surface area (Å²) in [5.41, 5.74) is -0.151. The lowest BCUT2D eigenvalue weighted by atomic mass is 9.80. The molecule has 1 atom stereocenters. The van der Waals surface area contributed by atoms with Crippen LogP contribution in [-0.4, -0.2) is 37.0 Å². The predicted molar refractivity (Wildman–Crippen MR) is 60.6 cm³/mol. The van der Waals surface area contributed by atoms with E-state index < -0.39 is 12.9 Å². The first-order valence-corrected chi connectivity index (χ1v) is 5.53. The highest BCUT2D eigenvalue weighted by atomic mass is 19.1. The van der Waals surface area contributed by atoms with E-state index in [4.69, 9.17) is 19.5 Å².